The molecule has 1 amide bonds. The van der Waals surface area contributed by atoms with Crippen LogP contribution < -0.4 is 5.73 Å². The van der Waals surface area contributed by atoms with Gasteiger partial charge in [-0.05, 0) is 6.42 Å². The number of ether oxygens (including phenoxy) is 1. The molecule has 0 bridgehead atoms. The summed E-state index contributed by atoms with van der Waals surface area (Å²) in [6.45, 7) is 1.58. The Morgan fingerprint density at radius 1 is 1.44 bits per heavy atom. The zero-order valence-corrected chi connectivity index (χ0v) is 11.1. The van der Waals surface area contributed by atoms with Crippen LogP contribution in [0.4, 0.5) is 5.69 Å². The summed E-state index contributed by atoms with van der Waals surface area (Å²) in [5.74, 6) is -0.933. The van der Waals surface area contributed by atoms with Gasteiger partial charge < -0.3 is 15.4 Å². The van der Waals surface area contributed by atoms with Crippen LogP contribution in [0, 0.1) is 0 Å². The number of carbonyl (C=O) groups excluding carboxylic acids is 2. The number of carbonyl (C=O) groups is 2. The third-order valence-electron chi connectivity index (χ3n) is 2.51. The molecular weight excluding hydrogens is 236 g/mol. The average molecular weight is 254 g/mol. The number of hydrogen-bond donors (Lipinski definition) is 1. The number of rotatable bonds is 4. The van der Waals surface area contributed by atoms with Crippen molar-refractivity contribution in [1.82, 2.24) is 14.7 Å². The van der Waals surface area contributed by atoms with Gasteiger partial charge >= 0.3 is 5.97 Å². The van der Waals surface area contributed by atoms with E-state index in [2.05, 4.69) is 5.10 Å². The zero-order valence-electron chi connectivity index (χ0n) is 11.1. The van der Waals surface area contributed by atoms with Crippen LogP contribution in [0.3, 0.4) is 0 Å². The Kier molecular flexibility index (Phi) is 4.30. The van der Waals surface area contributed by atoms with Crippen LogP contribution in [0.2, 0.25) is 0 Å². The van der Waals surface area contributed by atoms with Crippen molar-refractivity contribution in [3.8, 4) is 0 Å². The lowest BCUT2D eigenvalue weighted by molar-refractivity contribution is -0.131. The molecule has 1 heterocycles. The molecule has 0 saturated carbocycles. The number of esters is 1. The Hall–Kier alpha value is -2.05. The van der Waals surface area contributed by atoms with E-state index in [1.807, 2.05) is 6.92 Å². The van der Waals surface area contributed by atoms with Crippen molar-refractivity contribution in [2.75, 3.05) is 26.4 Å². The summed E-state index contributed by atoms with van der Waals surface area (Å²) in [6, 6.07) is 0. The topological polar surface area (TPSA) is 90.5 Å². The summed E-state index contributed by atoms with van der Waals surface area (Å²) in [7, 11) is 4.79. The molecule has 100 valence electrons. The number of nitrogens with two attached hydrogens (primary N) is 1. The monoisotopic (exact) mass is 254 g/mol. The van der Waals surface area contributed by atoms with Crippen LogP contribution in [-0.4, -0.2) is 47.3 Å². The van der Waals surface area contributed by atoms with Gasteiger partial charge in [-0.3, -0.25) is 9.48 Å². The van der Waals surface area contributed by atoms with Crippen molar-refractivity contribution < 1.29 is 14.3 Å². The lowest BCUT2D eigenvalue weighted by Crippen LogP contribution is -2.28. The highest BCUT2D eigenvalue weighted by Crippen LogP contribution is 2.17. The molecule has 0 spiro atoms. The van der Waals surface area contributed by atoms with Crippen LogP contribution >= 0.6 is 0 Å². The van der Waals surface area contributed by atoms with Gasteiger partial charge in [-0.1, -0.05) is 6.92 Å². The minimum absolute atomic E-state index is 0.179. The summed E-state index contributed by atoms with van der Waals surface area (Å²) in [6.07, 6.45) is 0.629. The van der Waals surface area contributed by atoms with Crippen LogP contribution in [0.15, 0.2) is 0 Å². The average Bonchev–Trinajstić information content (AvgIpc) is 2.60. The fraction of sp³-hybridized carbons (Fsp3) is 0.545. The van der Waals surface area contributed by atoms with Gasteiger partial charge in [0.05, 0.1) is 11.4 Å². The van der Waals surface area contributed by atoms with Crippen molar-refractivity contribution in [3.63, 3.8) is 0 Å². The van der Waals surface area contributed by atoms with E-state index in [-0.39, 0.29) is 18.2 Å². The van der Waals surface area contributed by atoms with Gasteiger partial charge in [-0.2, -0.15) is 5.10 Å². The summed E-state index contributed by atoms with van der Waals surface area (Å²) in [5, 5.41) is 4.11. The number of hydrogen-bond acceptors (Lipinski definition) is 5. The quantitative estimate of drug-likeness (QED) is 0.752. The third kappa shape index (κ3) is 2.79. The number of aryl methyl sites for hydroxylation is 2. The number of nitrogen functional groups attached to an aromatic ring is 1. The van der Waals surface area contributed by atoms with Gasteiger partial charge in [0.15, 0.2) is 12.3 Å². The van der Waals surface area contributed by atoms with Gasteiger partial charge in [0.2, 0.25) is 0 Å². The van der Waals surface area contributed by atoms with Gasteiger partial charge in [-0.25, -0.2) is 4.79 Å². The minimum Gasteiger partial charge on any atom is -0.451 e. The Morgan fingerprint density at radius 3 is 2.50 bits per heavy atom. The smallest absolute Gasteiger partial charge is 0.359 e. The highest BCUT2D eigenvalue weighted by Gasteiger charge is 2.21. The van der Waals surface area contributed by atoms with E-state index in [1.54, 1.807) is 21.1 Å². The van der Waals surface area contributed by atoms with Crippen molar-refractivity contribution in [1.29, 1.82) is 0 Å². The fourth-order valence-corrected chi connectivity index (χ4v) is 1.42. The van der Waals surface area contributed by atoms with E-state index in [4.69, 9.17) is 10.5 Å². The standard InChI is InChI=1S/C11H18N4O3/c1-5-7-9(12)10(15(4)13-7)11(17)18-6-8(16)14(2)3/h5-6,12H2,1-4H3. The molecule has 7 heteroatoms. The predicted molar refractivity (Wildman–Crippen MR) is 66.0 cm³/mol. The molecule has 1 aromatic heterocycles. The predicted octanol–water partition coefficient (Wildman–Crippen LogP) is -0.190. The van der Waals surface area contributed by atoms with E-state index >= 15 is 0 Å². The second-order valence-corrected chi connectivity index (χ2v) is 4.05. The number of amides is 1. The minimum atomic E-state index is -0.641. The Balaban J connectivity index is 2.79. The molecule has 0 aliphatic heterocycles. The number of anilines is 1. The number of aromatic nitrogens is 2. The fourth-order valence-electron chi connectivity index (χ4n) is 1.42. The molecule has 1 rings (SSSR count). The van der Waals surface area contributed by atoms with E-state index in [0.29, 0.717) is 17.8 Å². The van der Waals surface area contributed by atoms with Crippen LogP contribution in [-0.2, 0) is 23.0 Å². The first-order chi connectivity index (χ1) is 8.38. The first kappa shape index (κ1) is 14.0. The highest BCUT2D eigenvalue weighted by atomic mass is 16.5. The van der Waals surface area contributed by atoms with Crippen LogP contribution in [0.25, 0.3) is 0 Å². The van der Waals surface area contributed by atoms with Crippen LogP contribution in [0.5, 0.6) is 0 Å². The normalized spacial score (nSPS) is 10.2. The maximum atomic E-state index is 11.8. The summed E-state index contributed by atoms with van der Waals surface area (Å²) in [4.78, 5) is 24.5. The SMILES string of the molecule is CCc1nn(C)c(C(=O)OCC(=O)N(C)C)c1N. The molecule has 18 heavy (non-hydrogen) atoms. The van der Waals surface area contributed by atoms with Crippen molar-refractivity contribution in [2.24, 2.45) is 7.05 Å². The lowest BCUT2D eigenvalue weighted by Gasteiger charge is -2.10. The maximum Gasteiger partial charge on any atom is 0.359 e. The number of nitrogens with zero attached hydrogens (tertiary/aromatic N) is 3. The lowest BCUT2D eigenvalue weighted by atomic mass is 10.2. The van der Waals surface area contributed by atoms with Gasteiger partial charge in [0.25, 0.3) is 5.91 Å². The second kappa shape index (κ2) is 5.52. The molecule has 0 atom stereocenters. The van der Waals surface area contributed by atoms with Gasteiger partial charge in [-0.15, -0.1) is 0 Å². The van der Waals surface area contributed by atoms with Gasteiger partial charge in [0.1, 0.15) is 0 Å². The number of likely N-dealkylation sites (N-methyl/N-ethyl adjacent to an activating group) is 1. The molecule has 0 aliphatic carbocycles. The summed E-state index contributed by atoms with van der Waals surface area (Å²) < 4.78 is 6.27. The van der Waals surface area contributed by atoms with E-state index in [0.717, 1.165) is 0 Å². The Morgan fingerprint density at radius 2 is 2.06 bits per heavy atom. The summed E-state index contributed by atoms with van der Waals surface area (Å²) >= 11 is 0. The van der Waals surface area contributed by atoms with Gasteiger partial charge in [0, 0.05) is 21.1 Å². The largest absolute Gasteiger partial charge is 0.451 e. The Labute approximate surface area is 105 Å². The summed E-state index contributed by atoms with van der Waals surface area (Å²) in [5.41, 5.74) is 6.93. The van der Waals surface area contributed by atoms with Crippen molar-refractivity contribution in [3.05, 3.63) is 11.4 Å². The molecule has 1 aromatic rings. The van der Waals surface area contributed by atoms with Crippen LogP contribution in [0.1, 0.15) is 23.1 Å². The Bertz CT molecular complexity index is 465. The third-order valence-corrected chi connectivity index (χ3v) is 2.51. The van der Waals surface area contributed by atoms with Crippen molar-refractivity contribution in [2.45, 2.75) is 13.3 Å². The van der Waals surface area contributed by atoms with E-state index in [9.17, 15) is 9.59 Å². The maximum absolute atomic E-state index is 11.8. The molecule has 0 fully saturated rings. The zero-order chi connectivity index (χ0) is 13.9. The molecule has 0 radical (unpaired) electrons. The molecule has 0 aromatic carbocycles. The second-order valence-electron chi connectivity index (χ2n) is 4.05. The van der Waals surface area contributed by atoms with E-state index < -0.39 is 5.97 Å². The molecule has 2 N–H and O–H groups in total. The van der Waals surface area contributed by atoms with E-state index in [1.165, 1.54) is 9.58 Å². The molecule has 0 aliphatic rings. The molecule has 0 unspecified atom stereocenters. The highest BCUT2D eigenvalue weighted by molar-refractivity contribution is 5.95. The first-order valence-corrected chi connectivity index (χ1v) is 5.57. The molecular formula is C11H18N4O3. The van der Waals surface area contributed by atoms with Crippen molar-refractivity contribution >= 4 is 17.6 Å². The first-order valence-electron chi connectivity index (χ1n) is 5.57. The molecule has 7 nitrogen and oxygen atoms in total. The molecule has 0 saturated heterocycles.